The number of nitrogens with one attached hydrogen (secondary N) is 1. The van der Waals surface area contributed by atoms with E-state index in [1.54, 1.807) is 12.1 Å². The SMILES string of the molecule is CN1C(=O)CCC(n2c(O)c3cccc(N=N)c3c2O)C1=O. The molecule has 1 unspecified atom stereocenters. The van der Waals surface area contributed by atoms with Gasteiger partial charge in [-0.15, -0.1) is 0 Å². The average molecular weight is 302 g/mol. The molecule has 1 aromatic heterocycles. The third-order valence-corrected chi connectivity index (χ3v) is 4.02. The zero-order chi connectivity index (χ0) is 16.0. The quantitative estimate of drug-likeness (QED) is 0.580. The third-order valence-electron chi connectivity index (χ3n) is 4.02. The van der Waals surface area contributed by atoms with Crippen molar-refractivity contribution in [2.45, 2.75) is 18.9 Å². The lowest BCUT2D eigenvalue weighted by molar-refractivity contribution is -0.149. The molecule has 0 aliphatic carbocycles. The molecule has 8 heteroatoms. The molecule has 114 valence electrons. The van der Waals surface area contributed by atoms with Crippen molar-refractivity contribution >= 4 is 28.3 Å². The number of hydrogen-bond acceptors (Lipinski definition) is 6. The molecule has 1 aliphatic heterocycles. The number of aromatic nitrogens is 1. The Kier molecular flexibility index (Phi) is 3.09. The first-order chi connectivity index (χ1) is 10.5. The molecule has 2 amide bonds. The van der Waals surface area contributed by atoms with E-state index in [-0.39, 0.29) is 41.6 Å². The van der Waals surface area contributed by atoms with Crippen molar-refractivity contribution in [2.75, 3.05) is 7.05 Å². The van der Waals surface area contributed by atoms with Gasteiger partial charge in [-0.25, -0.2) is 5.53 Å². The molecular weight excluding hydrogens is 288 g/mol. The molecule has 1 saturated heterocycles. The van der Waals surface area contributed by atoms with Crippen LogP contribution < -0.4 is 0 Å². The van der Waals surface area contributed by atoms with Crippen molar-refractivity contribution in [1.29, 1.82) is 5.53 Å². The smallest absolute Gasteiger partial charge is 0.252 e. The number of hydrogen-bond donors (Lipinski definition) is 3. The van der Waals surface area contributed by atoms with Crippen molar-refractivity contribution in [2.24, 2.45) is 5.11 Å². The van der Waals surface area contributed by atoms with Crippen LogP contribution in [0.3, 0.4) is 0 Å². The largest absolute Gasteiger partial charge is 0.494 e. The minimum absolute atomic E-state index is 0.149. The van der Waals surface area contributed by atoms with Crippen molar-refractivity contribution in [1.82, 2.24) is 9.47 Å². The molecule has 1 fully saturated rings. The Labute approximate surface area is 125 Å². The van der Waals surface area contributed by atoms with Gasteiger partial charge in [-0.2, -0.15) is 5.11 Å². The minimum Gasteiger partial charge on any atom is -0.494 e. The van der Waals surface area contributed by atoms with E-state index in [0.717, 1.165) is 9.47 Å². The number of amides is 2. The highest BCUT2D eigenvalue weighted by atomic mass is 16.3. The maximum absolute atomic E-state index is 12.3. The number of benzene rings is 1. The summed E-state index contributed by atoms with van der Waals surface area (Å²) in [5.41, 5.74) is 7.34. The zero-order valence-electron chi connectivity index (χ0n) is 11.8. The predicted molar refractivity (Wildman–Crippen MR) is 76.1 cm³/mol. The molecule has 0 spiro atoms. The summed E-state index contributed by atoms with van der Waals surface area (Å²) in [6.07, 6.45) is 0.341. The summed E-state index contributed by atoms with van der Waals surface area (Å²) in [5.74, 6) is -1.40. The number of rotatable bonds is 2. The number of nitrogens with zero attached hydrogens (tertiary/aromatic N) is 3. The Morgan fingerprint density at radius 3 is 2.68 bits per heavy atom. The molecule has 0 bridgehead atoms. The summed E-state index contributed by atoms with van der Waals surface area (Å²) in [7, 11) is 1.37. The van der Waals surface area contributed by atoms with Crippen molar-refractivity contribution in [3.05, 3.63) is 18.2 Å². The summed E-state index contributed by atoms with van der Waals surface area (Å²) in [5, 5.41) is 24.6. The van der Waals surface area contributed by atoms with Crippen LogP contribution in [0.4, 0.5) is 5.69 Å². The van der Waals surface area contributed by atoms with Crippen LogP contribution in [0, 0.1) is 5.53 Å². The first-order valence-corrected chi connectivity index (χ1v) is 6.70. The van der Waals surface area contributed by atoms with Crippen LogP contribution in [0.1, 0.15) is 18.9 Å². The van der Waals surface area contributed by atoms with Crippen LogP contribution in [0.2, 0.25) is 0 Å². The molecule has 3 rings (SSSR count). The van der Waals surface area contributed by atoms with E-state index in [0.29, 0.717) is 5.39 Å². The lowest BCUT2D eigenvalue weighted by Crippen LogP contribution is -2.43. The summed E-state index contributed by atoms with van der Waals surface area (Å²) in [4.78, 5) is 24.8. The number of likely N-dealkylation sites (tertiary alicyclic amines) is 1. The Morgan fingerprint density at radius 2 is 2.00 bits per heavy atom. The predicted octanol–water partition coefficient (Wildman–Crippen LogP) is 2.03. The number of aromatic hydroxyl groups is 2. The normalized spacial score (nSPS) is 19.0. The Morgan fingerprint density at radius 1 is 1.27 bits per heavy atom. The number of piperidine rings is 1. The van der Waals surface area contributed by atoms with Gasteiger partial charge in [0.05, 0.1) is 11.1 Å². The molecule has 22 heavy (non-hydrogen) atoms. The second-order valence-corrected chi connectivity index (χ2v) is 5.17. The molecule has 2 heterocycles. The van der Waals surface area contributed by atoms with Gasteiger partial charge in [0.2, 0.25) is 17.7 Å². The fourth-order valence-electron chi connectivity index (χ4n) is 2.84. The molecule has 8 nitrogen and oxygen atoms in total. The highest BCUT2D eigenvalue weighted by molar-refractivity contribution is 6.03. The monoisotopic (exact) mass is 302 g/mol. The summed E-state index contributed by atoms with van der Waals surface area (Å²) < 4.78 is 1.10. The summed E-state index contributed by atoms with van der Waals surface area (Å²) in [6, 6.07) is 3.82. The van der Waals surface area contributed by atoms with Crippen LogP contribution in [-0.4, -0.2) is 38.5 Å². The van der Waals surface area contributed by atoms with E-state index in [1.165, 1.54) is 13.1 Å². The van der Waals surface area contributed by atoms with Crippen molar-refractivity contribution < 1.29 is 19.8 Å². The van der Waals surface area contributed by atoms with Gasteiger partial charge < -0.3 is 10.2 Å². The van der Waals surface area contributed by atoms with E-state index in [9.17, 15) is 19.8 Å². The maximum Gasteiger partial charge on any atom is 0.252 e. The molecule has 1 aliphatic rings. The minimum atomic E-state index is -0.867. The van der Waals surface area contributed by atoms with Gasteiger partial charge in [0.15, 0.2) is 0 Å². The summed E-state index contributed by atoms with van der Waals surface area (Å²) in [6.45, 7) is 0. The molecular formula is C14H14N4O4. The zero-order valence-corrected chi connectivity index (χ0v) is 11.8. The van der Waals surface area contributed by atoms with E-state index in [2.05, 4.69) is 5.11 Å². The number of carbonyl (C=O) groups excluding carboxylic acids is 2. The van der Waals surface area contributed by atoms with Crippen LogP contribution in [0.5, 0.6) is 11.8 Å². The molecule has 1 atom stereocenters. The molecule has 3 N–H and O–H groups in total. The first kappa shape index (κ1) is 14.1. The molecule has 0 saturated carbocycles. The topological polar surface area (TPSA) is 119 Å². The number of likely N-dealkylation sites (N-methyl/N-ethyl adjacent to an activating group) is 1. The highest BCUT2D eigenvalue weighted by Gasteiger charge is 2.36. The van der Waals surface area contributed by atoms with Crippen molar-refractivity contribution in [3.63, 3.8) is 0 Å². The Hall–Kier alpha value is -2.90. The summed E-state index contributed by atoms with van der Waals surface area (Å²) >= 11 is 0. The number of imide groups is 1. The van der Waals surface area contributed by atoms with Gasteiger partial charge in [0.1, 0.15) is 6.04 Å². The lowest BCUT2D eigenvalue weighted by Gasteiger charge is -2.29. The highest BCUT2D eigenvalue weighted by Crippen LogP contribution is 2.45. The Bertz CT molecular complexity index is 811. The maximum atomic E-state index is 12.3. The van der Waals surface area contributed by atoms with E-state index < -0.39 is 11.9 Å². The average Bonchev–Trinajstić information content (AvgIpc) is 2.77. The van der Waals surface area contributed by atoms with Gasteiger partial charge in [0, 0.05) is 18.9 Å². The van der Waals surface area contributed by atoms with Gasteiger partial charge in [0.25, 0.3) is 5.91 Å². The van der Waals surface area contributed by atoms with Gasteiger partial charge >= 0.3 is 0 Å². The molecule has 2 aromatic rings. The number of carbonyl (C=O) groups is 2. The van der Waals surface area contributed by atoms with E-state index in [1.807, 2.05) is 0 Å². The van der Waals surface area contributed by atoms with Gasteiger partial charge in [-0.3, -0.25) is 19.1 Å². The third kappa shape index (κ3) is 1.77. The van der Waals surface area contributed by atoms with Crippen LogP contribution in [-0.2, 0) is 9.59 Å². The second kappa shape index (κ2) is 4.83. The second-order valence-electron chi connectivity index (χ2n) is 5.17. The van der Waals surface area contributed by atoms with Crippen molar-refractivity contribution in [3.8, 4) is 11.8 Å². The lowest BCUT2D eigenvalue weighted by atomic mass is 10.0. The standard InChI is InChI=1S/C14H14N4O4/c1-17-10(19)6-5-9(13(17)21)18-12(20)7-3-2-4-8(16-15)11(7)14(18)22/h2-4,9,15,20,22H,5-6H2,1H3. The molecule has 1 aromatic carbocycles. The Balaban J connectivity index is 2.22. The fourth-order valence-corrected chi connectivity index (χ4v) is 2.84. The van der Waals surface area contributed by atoms with E-state index in [4.69, 9.17) is 5.53 Å². The van der Waals surface area contributed by atoms with E-state index >= 15 is 0 Å². The first-order valence-electron chi connectivity index (χ1n) is 6.70. The fraction of sp³-hybridized carbons (Fsp3) is 0.286. The van der Waals surface area contributed by atoms with Crippen LogP contribution in [0.25, 0.3) is 10.8 Å². The molecule has 0 radical (unpaired) electrons. The van der Waals surface area contributed by atoms with Crippen LogP contribution >= 0.6 is 0 Å². The van der Waals surface area contributed by atoms with Crippen LogP contribution in [0.15, 0.2) is 23.3 Å². The van der Waals surface area contributed by atoms with Gasteiger partial charge in [-0.05, 0) is 18.6 Å². The number of fused-ring (bicyclic) bond motifs is 1. The van der Waals surface area contributed by atoms with Gasteiger partial charge in [-0.1, -0.05) is 6.07 Å².